The van der Waals surface area contributed by atoms with Crippen LogP contribution in [0.4, 0.5) is 4.39 Å². The summed E-state index contributed by atoms with van der Waals surface area (Å²) in [5, 5.41) is 4.63. The minimum Gasteiger partial charge on any atom is -0.496 e. The number of hydrogen-bond acceptors (Lipinski definition) is 4. The van der Waals surface area contributed by atoms with Crippen LogP contribution in [0.25, 0.3) is 0 Å². The van der Waals surface area contributed by atoms with Crippen LogP contribution in [0.2, 0.25) is 5.02 Å². The molecular weight excluding hydrogens is 295 g/mol. The lowest BCUT2D eigenvalue weighted by atomic mass is 10.0. The van der Waals surface area contributed by atoms with E-state index in [0.717, 1.165) is 0 Å². The molecule has 3 N–H and O–H groups in total. The van der Waals surface area contributed by atoms with Crippen molar-refractivity contribution in [3.63, 3.8) is 0 Å². The summed E-state index contributed by atoms with van der Waals surface area (Å²) in [7, 11) is 1.48. The van der Waals surface area contributed by atoms with E-state index in [2.05, 4.69) is 10.5 Å². The standard InChI is InChI=1S/C14H18ClFN4O/c1-8(2)20-14(9(15)7-18-20)13(19-17)12-10(16)5-4-6-11(12)21-3/h4-8,13,19H,17H2,1-3H3. The molecule has 2 rings (SSSR count). The third kappa shape index (κ3) is 2.88. The van der Waals surface area contributed by atoms with Crippen LogP contribution in [0.5, 0.6) is 5.75 Å². The molecule has 0 aliphatic rings. The van der Waals surface area contributed by atoms with Gasteiger partial charge in [-0.25, -0.2) is 9.82 Å². The molecule has 1 atom stereocenters. The second kappa shape index (κ2) is 6.43. The fraction of sp³-hybridized carbons (Fsp3) is 0.357. The van der Waals surface area contributed by atoms with Gasteiger partial charge in [0.15, 0.2) is 0 Å². The molecule has 7 heteroatoms. The van der Waals surface area contributed by atoms with E-state index < -0.39 is 11.9 Å². The highest BCUT2D eigenvalue weighted by molar-refractivity contribution is 6.31. The molecular formula is C14H18ClFN4O. The predicted molar refractivity (Wildman–Crippen MR) is 79.7 cm³/mol. The summed E-state index contributed by atoms with van der Waals surface area (Å²) < 4.78 is 21.2. The average molecular weight is 313 g/mol. The Bertz CT molecular complexity index is 629. The zero-order chi connectivity index (χ0) is 15.6. The van der Waals surface area contributed by atoms with Crippen LogP contribution in [0.1, 0.15) is 37.2 Å². The van der Waals surface area contributed by atoms with Crippen molar-refractivity contribution in [2.45, 2.75) is 25.9 Å². The second-order valence-corrected chi connectivity index (χ2v) is 5.28. The van der Waals surface area contributed by atoms with Crippen molar-refractivity contribution in [3.05, 3.63) is 46.5 Å². The molecule has 21 heavy (non-hydrogen) atoms. The molecule has 1 aromatic carbocycles. The number of nitrogens with zero attached hydrogens (tertiary/aromatic N) is 2. The topological polar surface area (TPSA) is 65.1 Å². The lowest BCUT2D eigenvalue weighted by molar-refractivity contribution is 0.392. The SMILES string of the molecule is COc1cccc(F)c1C(NN)c1c(Cl)cnn1C(C)C. The van der Waals surface area contributed by atoms with Gasteiger partial charge >= 0.3 is 0 Å². The van der Waals surface area contributed by atoms with E-state index in [9.17, 15) is 4.39 Å². The first kappa shape index (κ1) is 15.8. The summed E-state index contributed by atoms with van der Waals surface area (Å²) >= 11 is 6.22. The van der Waals surface area contributed by atoms with Crippen molar-refractivity contribution in [1.29, 1.82) is 0 Å². The quantitative estimate of drug-likeness (QED) is 0.658. The van der Waals surface area contributed by atoms with E-state index in [1.165, 1.54) is 19.4 Å². The van der Waals surface area contributed by atoms with Gasteiger partial charge in [0.2, 0.25) is 0 Å². The number of methoxy groups -OCH3 is 1. The lowest BCUT2D eigenvalue weighted by Crippen LogP contribution is -2.32. The van der Waals surface area contributed by atoms with Crippen molar-refractivity contribution in [2.24, 2.45) is 5.84 Å². The number of halogens is 2. The molecule has 0 fully saturated rings. The molecule has 0 bridgehead atoms. The Morgan fingerprint density at radius 2 is 2.14 bits per heavy atom. The molecule has 0 saturated carbocycles. The Kier molecular flexibility index (Phi) is 4.82. The maximum absolute atomic E-state index is 14.3. The van der Waals surface area contributed by atoms with Crippen LogP contribution < -0.4 is 16.0 Å². The fourth-order valence-electron chi connectivity index (χ4n) is 2.31. The monoisotopic (exact) mass is 312 g/mol. The van der Waals surface area contributed by atoms with Crippen LogP contribution in [0.3, 0.4) is 0 Å². The molecule has 0 aliphatic carbocycles. The predicted octanol–water partition coefficient (Wildman–Crippen LogP) is 2.82. The van der Waals surface area contributed by atoms with Gasteiger partial charge in [0.1, 0.15) is 11.6 Å². The normalized spacial score (nSPS) is 12.7. The summed E-state index contributed by atoms with van der Waals surface area (Å²) in [5.74, 6) is 5.62. The molecule has 0 aliphatic heterocycles. The van der Waals surface area contributed by atoms with Crippen LogP contribution in [-0.2, 0) is 0 Å². The van der Waals surface area contributed by atoms with Gasteiger partial charge in [-0.05, 0) is 26.0 Å². The highest BCUT2D eigenvalue weighted by atomic mass is 35.5. The van der Waals surface area contributed by atoms with Crippen LogP contribution in [-0.4, -0.2) is 16.9 Å². The lowest BCUT2D eigenvalue weighted by Gasteiger charge is -2.22. The van der Waals surface area contributed by atoms with Crippen molar-refractivity contribution in [1.82, 2.24) is 15.2 Å². The first-order valence-corrected chi connectivity index (χ1v) is 6.90. The van der Waals surface area contributed by atoms with Gasteiger partial charge in [0.25, 0.3) is 0 Å². The van der Waals surface area contributed by atoms with E-state index in [1.807, 2.05) is 13.8 Å². The second-order valence-electron chi connectivity index (χ2n) is 4.87. The fourth-order valence-corrected chi connectivity index (χ4v) is 2.55. The molecule has 0 spiro atoms. The van der Waals surface area contributed by atoms with Crippen molar-refractivity contribution in [2.75, 3.05) is 7.11 Å². The van der Waals surface area contributed by atoms with Crippen molar-refractivity contribution < 1.29 is 9.13 Å². The first-order chi connectivity index (χ1) is 10.0. The van der Waals surface area contributed by atoms with Gasteiger partial charge < -0.3 is 4.74 Å². The molecule has 1 heterocycles. The Morgan fingerprint density at radius 1 is 1.43 bits per heavy atom. The summed E-state index contributed by atoms with van der Waals surface area (Å²) in [5.41, 5.74) is 3.50. The van der Waals surface area contributed by atoms with Crippen LogP contribution >= 0.6 is 11.6 Å². The summed E-state index contributed by atoms with van der Waals surface area (Å²) in [6.07, 6.45) is 1.52. The summed E-state index contributed by atoms with van der Waals surface area (Å²) in [6, 6.07) is 3.99. The largest absolute Gasteiger partial charge is 0.496 e. The van der Waals surface area contributed by atoms with Gasteiger partial charge in [-0.3, -0.25) is 10.5 Å². The molecule has 2 aromatic rings. The van der Waals surface area contributed by atoms with Gasteiger partial charge in [-0.15, -0.1) is 0 Å². The number of nitrogens with one attached hydrogen (secondary N) is 1. The van der Waals surface area contributed by atoms with E-state index >= 15 is 0 Å². The third-order valence-electron chi connectivity index (χ3n) is 3.24. The van der Waals surface area contributed by atoms with Gasteiger partial charge in [-0.1, -0.05) is 17.7 Å². The van der Waals surface area contributed by atoms with Crippen molar-refractivity contribution in [3.8, 4) is 5.75 Å². The number of rotatable bonds is 5. The Morgan fingerprint density at radius 3 is 2.71 bits per heavy atom. The zero-order valence-corrected chi connectivity index (χ0v) is 12.9. The summed E-state index contributed by atoms with van der Waals surface area (Å²) in [6.45, 7) is 3.91. The van der Waals surface area contributed by atoms with Crippen LogP contribution in [0, 0.1) is 5.82 Å². The molecule has 1 aromatic heterocycles. The van der Waals surface area contributed by atoms with E-state index in [0.29, 0.717) is 22.0 Å². The highest BCUT2D eigenvalue weighted by Crippen LogP contribution is 2.35. The first-order valence-electron chi connectivity index (χ1n) is 6.52. The third-order valence-corrected chi connectivity index (χ3v) is 3.53. The minimum absolute atomic E-state index is 0.0566. The minimum atomic E-state index is -0.668. The molecule has 1 unspecified atom stereocenters. The zero-order valence-electron chi connectivity index (χ0n) is 12.1. The molecule has 114 valence electrons. The maximum atomic E-state index is 14.3. The number of benzene rings is 1. The summed E-state index contributed by atoms with van der Waals surface area (Å²) in [4.78, 5) is 0. The maximum Gasteiger partial charge on any atom is 0.132 e. The highest BCUT2D eigenvalue weighted by Gasteiger charge is 2.27. The van der Waals surface area contributed by atoms with Gasteiger partial charge in [0.05, 0.1) is 35.6 Å². The van der Waals surface area contributed by atoms with Gasteiger partial charge in [0, 0.05) is 6.04 Å². The molecule has 0 radical (unpaired) electrons. The van der Waals surface area contributed by atoms with E-state index in [1.54, 1.807) is 16.8 Å². The van der Waals surface area contributed by atoms with Crippen LogP contribution in [0.15, 0.2) is 24.4 Å². The number of ether oxygens (including phenoxy) is 1. The van der Waals surface area contributed by atoms with E-state index in [4.69, 9.17) is 22.2 Å². The Balaban J connectivity index is 2.63. The average Bonchev–Trinajstić information content (AvgIpc) is 2.83. The Labute approximate surface area is 127 Å². The molecule has 0 amide bonds. The molecule has 5 nitrogen and oxygen atoms in total. The van der Waals surface area contributed by atoms with E-state index in [-0.39, 0.29) is 6.04 Å². The number of aromatic nitrogens is 2. The number of nitrogens with two attached hydrogens (primary N) is 1. The molecule has 0 saturated heterocycles. The van der Waals surface area contributed by atoms with Crippen molar-refractivity contribution >= 4 is 11.6 Å². The van der Waals surface area contributed by atoms with Gasteiger partial charge in [-0.2, -0.15) is 5.10 Å². The number of hydrazine groups is 1. The number of hydrogen-bond donors (Lipinski definition) is 2. The Hall–Kier alpha value is -1.63. The smallest absolute Gasteiger partial charge is 0.132 e.